The van der Waals surface area contributed by atoms with E-state index in [0.717, 1.165) is 25.1 Å². The molecule has 1 aromatic carbocycles. The first-order valence-corrected chi connectivity index (χ1v) is 11.1. The molecule has 7 heteroatoms. The van der Waals surface area contributed by atoms with Gasteiger partial charge in [-0.05, 0) is 37.0 Å². The van der Waals surface area contributed by atoms with Gasteiger partial charge >= 0.3 is 0 Å². The summed E-state index contributed by atoms with van der Waals surface area (Å²) in [6, 6.07) is 8.27. The van der Waals surface area contributed by atoms with Crippen LogP contribution in [0, 0.1) is 0 Å². The monoisotopic (exact) mass is 379 g/mol. The summed E-state index contributed by atoms with van der Waals surface area (Å²) in [5.41, 5.74) is 1.36. The van der Waals surface area contributed by atoms with Gasteiger partial charge in [0.05, 0.1) is 18.6 Å². The van der Waals surface area contributed by atoms with Crippen LogP contribution in [0.5, 0.6) is 5.75 Å². The van der Waals surface area contributed by atoms with Crippen molar-refractivity contribution in [1.29, 1.82) is 0 Å². The Hall–Kier alpha value is -1.76. The van der Waals surface area contributed by atoms with Crippen LogP contribution >= 0.6 is 0 Å². The minimum atomic E-state index is -2.90. The number of hydrogen-bond acceptors (Lipinski definition) is 4. The topological polar surface area (TPSA) is 79.8 Å². The molecular formula is C19H29N3O3S. The Bertz CT molecular complexity index is 755. The number of rotatable bonds is 5. The Morgan fingerprint density at radius 2 is 2.12 bits per heavy atom. The van der Waals surface area contributed by atoms with Gasteiger partial charge in [-0.15, -0.1) is 0 Å². The molecule has 0 spiro atoms. The highest BCUT2D eigenvalue weighted by atomic mass is 32.2. The lowest BCUT2D eigenvalue weighted by Crippen LogP contribution is -2.48. The molecular weight excluding hydrogens is 350 g/mol. The third-order valence-corrected chi connectivity index (χ3v) is 7.40. The van der Waals surface area contributed by atoms with Crippen LogP contribution in [0.4, 0.5) is 0 Å². The molecule has 0 aromatic heterocycles. The van der Waals surface area contributed by atoms with Gasteiger partial charge in [0.2, 0.25) is 0 Å². The second-order valence-electron chi connectivity index (χ2n) is 7.39. The number of hydrogen-bond donors (Lipinski definition) is 2. The molecule has 1 saturated carbocycles. The number of sulfone groups is 1. The van der Waals surface area contributed by atoms with Crippen molar-refractivity contribution in [3.8, 4) is 5.75 Å². The fourth-order valence-corrected chi connectivity index (χ4v) is 5.80. The van der Waals surface area contributed by atoms with Gasteiger partial charge in [0.25, 0.3) is 0 Å². The van der Waals surface area contributed by atoms with E-state index in [2.05, 4.69) is 27.8 Å². The molecule has 144 valence electrons. The summed E-state index contributed by atoms with van der Waals surface area (Å²) in [5.74, 6) is 2.01. The maximum atomic E-state index is 11.7. The normalized spacial score (nSPS) is 24.4. The van der Waals surface area contributed by atoms with Crippen molar-refractivity contribution in [3.63, 3.8) is 0 Å². The molecule has 1 aliphatic carbocycles. The summed E-state index contributed by atoms with van der Waals surface area (Å²) in [7, 11) is 0.521. The van der Waals surface area contributed by atoms with Crippen LogP contribution in [0.3, 0.4) is 0 Å². The summed E-state index contributed by atoms with van der Waals surface area (Å²) < 4.78 is 28.7. The molecule has 2 fully saturated rings. The Kier molecular flexibility index (Phi) is 5.75. The van der Waals surface area contributed by atoms with E-state index in [-0.39, 0.29) is 23.0 Å². The van der Waals surface area contributed by atoms with Crippen molar-refractivity contribution in [1.82, 2.24) is 10.6 Å². The molecule has 0 radical (unpaired) electrons. The minimum Gasteiger partial charge on any atom is -0.497 e. The molecule has 26 heavy (non-hydrogen) atoms. The average molecular weight is 380 g/mol. The first-order chi connectivity index (χ1) is 12.5. The molecule has 2 aliphatic rings. The molecule has 1 aliphatic heterocycles. The molecule has 1 atom stereocenters. The van der Waals surface area contributed by atoms with Gasteiger partial charge < -0.3 is 15.4 Å². The van der Waals surface area contributed by atoms with Crippen LogP contribution in [-0.4, -0.2) is 52.6 Å². The van der Waals surface area contributed by atoms with Crippen molar-refractivity contribution in [2.45, 2.75) is 43.6 Å². The maximum absolute atomic E-state index is 11.7. The zero-order valence-electron chi connectivity index (χ0n) is 15.6. The van der Waals surface area contributed by atoms with Crippen LogP contribution in [-0.2, 0) is 15.3 Å². The highest BCUT2D eigenvalue weighted by molar-refractivity contribution is 7.91. The number of methoxy groups -OCH3 is 1. The van der Waals surface area contributed by atoms with Gasteiger partial charge in [0.1, 0.15) is 5.75 Å². The Balaban J connectivity index is 1.68. The van der Waals surface area contributed by atoms with E-state index in [0.29, 0.717) is 12.4 Å². The third-order valence-electron chi connectivity index (χ3n) is 5.63. The standard InChI is InChI=1S/C19H29N3O3S/c1-20-18(22-16-8-11-26(23,24)13-16)21-14-19(9-3-4-10-19)15-6-5-7-17(12-15)25-2/h5-7,12,16H,3-4,8-11,13-14H2,1-2H3,(H2,20,21,22). The Labute approximate surface area is 156 Å². The Morgan fingerprint density at radius 1 is 1.35 bits per heavy atom. The number of ether oxygens (including phenoxy) is 1. The summed E-state index contributed by atoms with van der Waals surface area (Å²) >= 11 is 0. The molecule has 2 N–H and O–H groups in total. The van der Waals surface area contributed by atoms with Gasteiger partial charge in [-0.3, -0.25) is 4.99 Å². The van der Waals surface area contributed by atoms with Gasteiger partial charge in [0, 0.05) is 25.0 Å². The van der Waals surface area contributed by atoms with Crippen LogP contribution in [0.25, 0.3) is 0 Å². The van der Waals surface area contributed by atoms with E-state index >= 15 is 0 Å². The Morgan fingerprint density at radius 3 is 2.73 bits per heavy atom. The van der Waals surface area contributed by atoms with E-state index in [4.69, 9.17) is 4.74 Å². The average Bonchev–Trinajstić information content (AvgIpc) is 3.25. The number of aliphatic imine (C=N–C) groups is 1. The fraction of sp³-hybridized carbons (Fsp3) is 0.632. The number of nitrogens with zero attached hydrogens (tertiary/aromatic N) is 1. The van der Waals surface area contributed by atoms with Gasteiger partial charge in [-0.25, -0.2) is 8.42 Å². The second kappa shape index (κ2) is 7.86. The van der Waals surface area contributed by atoms with Crippen molar-refractivity contribution in [2.75, 3.05) is 32.2 Å². The van der Waals surface area contributed by atoms with Crippen LogP contribution in [0.15, 0.2) is 29.3 Å². The quantitative estimate of drug-likeness (QED) is 0.603. The fourth-order valence-electron chi connectivity index (χ4n) is 4.12. The minimum absolute atomic E-state index is 0.0532. The lowest BCUT2D eigenvalue weighted by atomic mass is 9.78. The first kappa shape index (κ1) is 19.0. The summed E-state index contributed by atoms with van der Waals surface area (Å²) in [5, 5.41) is 6.72. The molecule has 3 rings (SSSR count). The third kappa shape index (κ3) is 4.31. The van der Waals surface area contributed by atoms with Gasteiger partial charge in [-0.1, -0.05) is 25.0 Å². The number of nitrogens with one attached hydrogen (secondary N) is 2. The van der Waals surface area contributed by atoms with Crippen LogP contribution in [0.2, 0.25) is 0 Å². The van der Waals surface area contributed by atoms with Crippen molar-refractivity contribution in [2.24, 2.45) is 4.99 Å². The summed E-state index contributed by atoms with van der Waals surface area (Å²) in [6.07, 6.45) is 5.32. The second-order valence-corrected chi connectivity index (χ2v) is 9.62. The molecule has 0 amide bonds. The zero-order valence-corrected chi connectivity index (χ0v) is 16.4. The van der Waals surface area contributed by atoms with Crippen molar-refractivity contribution < 1.29 is 13.2 Å². The van der Waals surface area contributed by atoms with Crippen molar-refractivity contribution in [3.05, 3.63) is 29.8 Å². The lowest BCUT2D eigenvalue weighted by Gasteiger charge is -2.31. The zero-order chi connectivity index (χ0) is 18.6. The SMILES string of the molecule is CN=C(NCC1(c2cccc(OC)c2)CCCC1)NC1CCS(=O)(=O)C1. The summed E-state index contributed by atoms with van der Waals surface area (Å²) in [6.45, 7) is 0.777. The number of benzene rings is 1. The molecule has 1 aromatic rings. The largest absolute Gasteiger partial charge is 0.497 e. The molecule has 0 bridgehead atoms. The van der Waals surface area contributed by atoms with E-state index in [9.17, 15) is 8.42 Å². The number of guanidine groups is 1. The predicted octanol–water partition coefficient (Wildman–Crippen LogP) is 1.86. The van der Waals surface area contributed by atoms with Gasteiger partial charge in [0.15, 0.2) is 15.8 Å². The van der Waals surface area contributed by atoms with Gasteiger partial charge in [-0.2, -0.15) is 0 Å². The van der Waals surface area contributed by atoms with E-state index in [1.165, 1.54) is 18.4 Å². The van der Waals surface area contributed by atoms with E-state index in [1.807, 2.05) is 12.1 Å². The van der Waals surface area contributed by atoms with E-state index < -0.39 is 9.84 Å². The predicted molar refractivity (Wildman–Crippen MR) is 105 cm³/mol. The van der Waals surface area contributed by atoms with E-state index in [1.54, 1.807) is 14.2 Å². The van der Waals surface area contributed by atoms with Crippen LogP contribution in [0.1, 0.15) is 37.7 Å². The molecule has 1 saturated heterocycles. The van der Waals surface area contributed by atoms with Crippen molar-refractivity contribution >= 4 is 15.8 Å². The van der Waals surface area contributed by atoms with Crippen LogP contribution < -0.4 is 15.4 Å². The maximum Gasteiger partial charge on any atom is 0.191 e. The highest BCUT2D eigenvalue weighted by Crippen LogP contribution is 2.41. The highest BCUT2D eigenvalue weighted by Gasteiger charge is 2.36. The first-order valence-electron chi connectivity index (χ1n) is 9.28. The summed E-state index contributed by atoms with van der Waals surface area (Å²) in [4.78, 5) is 4.29. The molecule has 1 unspecified atom stereocenters. The molecule has 6 nitrogen and oxygen atoms in total. The smallest absolute Gasteiger partial charge is 0.191 e. The lowest BCUT2D eigenvalue weighted by molar-refractivity contribution is 0.403. The molecule has 1 heterocycles.